The van der Waals surface area contributed by atoms with Gasteiger partial charge in [-0.2, -0.15) is 0 Å². The molecule has 146 valence electrons. The van der Waals surface area contributed by atoms with Gasteiger partial charge < -0.3 is 5.32 Å². The molecule has 1 aromatic heterocycles. The first-order valence-corrected chi connectivity index (χ1v) is 10.5. The van der Waals surface area contributed by atoms with Crippen LogP contribution in [0.5, 0.6) is 0 Å². The molecule has 1 aromatic carbocycles. The lowest BCUT2D eigenvalue weighted by atomic mass is 10.2. The number of amides is 3. The summed E-state index contributed by atoms with van der Waals surface area (Å²) in [4.78, 5) is 38.8. The van der Waals surface area contributed by atoms with Gasteiger partial charge in [-0.05, 0) is 48.0 Å². The van der Waals surface area contributed by atoms with Crippen molar-refractivity contribution in [2.45, 2.75) is 12.8 Å². The molecule has 3 amide bonds. The zero-order valence-electron chi connectivity index (χ0n) is 14.6. The van der Waals surface area contributed by atoms with Crippen LogP contribution in [-0.4, -0.2) is 35.0 Å². The summed E-state index contributed by atoms with van der Waals surface area (Å²) in [6.45, 7) is 0.286. The molecular formula is C19H16ClFN2O3S2. The summed E-state index contributed by atoms with van der Waals surface area (Å²) in [6.07, 6.45) is 2.45. The number of thioether (sulfide) groups is 1. The van der Waals surface area contributed by atoms with E-state index in [4.69, 9.17) is 11.6 Å². The molecule has 0 atom stereocenters. The van der Waals surface area contributed by atoms with E-state index < -0.39 is 5.91 Å². The second-order valence-electron chi connectivity index (χ2n) is 5.97. The first kappa shape index (κ1) is 20.6. The van der Waals surface area contributed by atoms with Gasteiger partial charge in [-0.15, -0.1) is 11.3 Å². The van der Waals surface area contributed by atoms with Gasteiger partial charge in [0.15, 0.2) is 0 Å². The number of halogens is 2. The number of nitrogens with one attached hydrogen (secondary N) is 1. The molecule has 0 bridgehead atoms. The lowest BCUT2D eigenvalue weighted by molar-refractivity contribution is -0.124. The first-order valence-electron chi connectivity index (χ1n) is 8.43. The molecule has 1 aliphatic heterocycles. The Labute approximate surface area is 174 Å². The molecule has 1 aliphatic rings. The smallest absolute Gasteiger partial charge is 0.293 e. The summed E-state index contributed by atoms with van der Waals surface area (Å²) < 4.78 is 13.0. The Morgan fingerprint density at radius 1 is 1.25 bits per heavy atom. The van der Waals surface area contributed by atoms with Gasteiger partial charge in [0.2, 0.25) is 5.91 Å². The van der Waals surface area contributed by atoms with Gasteiger partial charge in [-0.25, -0.2) is 4.39 Å². The molecule has 2 aromatic rings. The molecule has 2 heterocycles. The molecule has 1 fully saturated rings. The van der Waals surface area contributed by atoms with Gasteiger partial charge in [0.25, 0.3) is 11.1 Å². The first-order chi connectivity index (χ1) is 13.4. The molecule has 1 saturated heterocycles. The van der Waals surface area contributed by atoms with Crippen LogP contribution >= 0.6 is 34.7 Å². The highest BCUT2D eigenvalue weighted by molar-refractivity contribution is 8.18. The average Bonchev–Trinajstić information content (AvgIpc) is 3.19. The van der Waals surface area contributed by atoms with E-state index in [2.05, 4.69) is 5.32 Å². The van der Waals surface area contributed by atoms with Crippen molar-refractivity contribution < 1.29 is 18.8 Å². The van der Waals surface area contributed by atoms with E-state index in [9.17, 15) is 18.8 Å². The van der Waals surface area contributed by atoms with Gasteiger partial charge in [0.1, 0.15) is 5.82 Å². The van der Waals surface area contributed by atoms with Gasteiger partial charge in [0.05, 0.1) is 9.93 Å². The lowest BCUT2D eigenvalue weighted by Crippen LogP contribution is -2.37. The number of benzene rings is 1. The molecule has 5 nitrogen and oxygen atoms in total. The van der Waals surface area contributed by atoms with Crippen molar-refractivity contribution >= 4 is 57.8 Å². The summed E-state index contributed by atoms with van der Waals surface area (Å²) in [7, 11) is 0. The van der Waals surface area contributed by atoms with Gasteiger partial charge in [0, 0.05) is 29.8 Å². The van der Waals surface area contributed by atoms with E-state index in [0.717, 1.165) is 21.5 Å². The zero-order chi connectivity index (χ0) is 20.1. The zero-order valence-corrected chi connectivity index (χ0v) is 17.0. The van der Waals surface area contributed by atoms with Crippen LogP contribution in [0.4, 0.5) is 9.18 Å². The minimum Gasteiger partial charge on any atom is -0.354 e. The number of nitrogens with zero attached hydrogens (tertiary/aromatic N) is 1. The Balaban J connectivity index is 1.47. The Morgan fingerprint density at radius 2 is 2.00 bits per heavy atom. The number of hydrogen-bond donors (Lipinski definition) is 1. The number of aryl methyl sites for hydroxylation is 1. The van der Waals surface area contributed by atoms with Gasteiger partial charge in [-0.3, -0.25) is 19.3 Å². The number of hydrogen-bond acceptors (Lipinski definition) is 5. The number of carbonyl (C=O) groups is 3. The number of carbonyl (C=O) groups excluding carboxylic acids is 3. The Kier molecular flexibility index (Phi) is 6.88. The minimum atomic E-state index is -0.415. The van der Waals surface area contributed by atoms with Crippen LogP contribution in [0.3, 0.4) is 0 Å². The highest BCUT2D eigenvalue weighted by Crippen LogP contribution is 2.31. The SMILES string of the molecule is O=C(CCc1cc(Cl)cs1)NCCN1C(=O)S/C(=C/c2ccc(F)cc2)C1=O. The quantitative estimate of drug-likeness (QED) is 0.653. The van der Waals surface area contributed by atoms with E-state index in [1.807, 2.05) is 11.4 Å². The molecule has 0 radical (unpaired) electrons. The second-order valence-corrected chi connectivity index (χ2v) is 8.39. The van der Waals surface area contributed by atoms with Crippen LogP contribution in [0.15, 0.2) is 40.6 Å². The summed E-state index contributed by atoms with van der Waals surface area (Å²) in [5.41, 5.74) is 0.633. The van der Waals surface area contributed by atoms with E-state index in [1.165, 1.54) is 35.6 Å². The Hall–Kier alpha value is -2.16. The molecule has 0 aliphatic carbocycles. The minimum absolute atomic E-state index is 0.0992. The summed E-state index contributed by atoms with van der Waals surface area (Å²) >= 11 is 8.18. The van der Waals surface area contributed by atoms with Gasteiger partial charge >= 0.3 is 0 Å². The van der Waals surface area contributed by atoms with E-state index in [1.54, 1.807) is 6.08 Å². The van der Waals surface area contributed by atoms with Crippen molar-refractivity contribution in [2.75, 3.05) is 13.1 Å². The summed E-state index contributed by atoms with van der Waals surface area (Å²) in [5, 5.41) is 4.80. The maximum Gasteiger partial charge on any atom is 0.293 e. The largest absolute Gasteiger partial charge is 0.354 e. The topological polar surface area (TPSA) is 66.5 Å². The Morgan fingerprint density at radius 3 is 2.68 bits per heavy atom. The average molecular weight is 439 g/mol. The maximum absolute atomic E-state index is 13.0. The molecular weight excluding hydrogens is 423 g/mol. The van der Waals surface area contributed by atoms with Crippen LogP contribution < -0.4 is 5.32 Å². The predicted octanol–water partition coefficient (Wildman–Crippen LogP) is 4.33. The van der Waals surface area contributed by atoms with Crippen LogP contribution in [0, 0.1) is 5.82 Å². The van der Waals surface area contributed by atoms with Crippen LogP contribution in [-0.2, 0) is 16.0 Å². The van der Waals surface area contributed by atoms with Crippen molar-refractivity contribution in [3.05, 3.63) is 61.9 Å². The fourth-order valence-electron chi connectivity index (χ4n) is 2.52. The van der Waals surface area contributed by atoms with Crippen LogP contribution in [0.1, 0.15) is 16.9 Å². The third-order valence-electron chi connectivity index (χ3n) is 3.92. The van der Waals surface area contributed by atoms with Crippen LogP contribution in [0.2, 0.25) is 5.02 Å². The number of imide groups is 1. The van der Waals surface area contributed by atoms with Crippen molar-refractivity contribution in [2.24, 2.45) is 0 Å². The number of rotatable bonds is 7. The van der Waals surface area contributed by atoms with Crippen molar-refractivity contribution in [1.82, 2.24) is 10.2 Å². The maximum atomic E-state index is 13.0. The van der Waals surface area contributed by atoms with Gasteiger partial charge in [-0.1, -0.05) is 23.7 Å². The fraction of sp³-hybridized carbons (Fsp3) is 0.211. The Bertz CT molecular complexity index is 928. The molecule has 3 rings (SSSR count). The van der Waals surface area contributed by atoms with Crippen molar-refractivity contribution in [3.8, 4) is 0 Å². The normalized spacial score (nSPS) is 15.5. The molecule has 1 N–H and O–H groups in total. The van der Waals surface area contributed by atoms with Crippen molar-refractivity contribution in [1.29, 1.82) is 0 Å². The van der Waals surface area contributed by atoms with Crippen molar-refractivity contribution in [3.63, 3.8) is 0 Å². The monoisotopic (exact) mass is 438 g/mol. The number of thiophene rings is 1. The predicted molar refractivity (Wildman–Crippen MR) is 110 cm³/mol. The van der Waals surface area contributed by atoms with E-state index >= 15 is 0 Å². The third kappa shape index (κ3) is 5.43. The van der Waals surface area contributed by atoms with E-state index in [0.29, 0.717) is 23.4 Å². The lowest BCUT2D eigenvalue weighted by Gasteiger charge is -2.12. The molecule has 0 unspecified atom stereocenters. The molecule has 0 spiro atoms. The van der Waals surface area contributed by atoms with E-state index in [-0.39, 0.29) is 35.0 Å². The summed E-state index contributed by atoms with van der Waals surface area (Å²) in [6, 6.07) is 7.47. The fourth-order valence-corrected chi connectivity index (χ4v) is 4.46. The standard InChI is InChI=1S/C19H16ClFN2O3S2/c20-13-10-15(27-11-13)5-6-17(24)22-7-8-23-18(25)16(28-19(23)26)9-12-1-3-14(21)4-2-12/h1-4,9-11H,5-8H2,(H,22,24)/b16-9+. The summed E-state index contributed by atoms with van der Waals surface area (Å²) in [5.74, 6) is -0.941. The van der Waals surface area contributed by atoms with Crippen LogP contribution in [0.25, 0.3) is 6.08 Å². The molecule has 28 heavy (non-hydrogen) atoms. The highest BCUT2D eigenvalue weighted by atomic mass is 35.5. The second kappa shape index (κ2) is 9.36. The molecule has 0 saturated carbocycles. The third-order valence-corrected chi connectivity index (χ3v) is 6.17. The highest BCUT2D eigenvalue weighted by Gasteiger charge is 2.34. The molecule has 9 heteroatoms.